The van der Waals surface area contributed by atoms with Crippen LogP contribution in [0, 0.1) is 0 Å². The zero-order valence-electron chi connectivity index (χ0n) is 18.2. The smallest absolute Gasteiger partial charge is 0.407 e. The number of amides is 3. The normalized spacial score (nSPS) is 12.3. The van der Waals surface area contributed by atoms with Gasteiger partial charge in [0.15, 0.2) is 0 Å². The highest BCUT2D eigenvalue weighted by atomic mass is 32.1. The van der Waals surface area contributed by atoms with E-state index in [9.17, 15) is 14.4 Å². The van der Waals surface area contributed by atoms with Crippen LogP contribution in [0.5, 0.6) is 0 Å². The summed E-state index contributed by atoms with van der Waals surface area (Å²) in [6.45, 7) is 9.85. The van der Waals surface area contributed by atoms with Crippen molar-refractivity contribution in [3.05, 3.63) is 16.1 Å². The summed E-state index contributed by atoms with van der Waals surface area (Å²) < 4.78 is 9.90. The summed E-state index contributed by atoms with van der Waals surface area (Å²) in [5, 5.41) is 8.12. The van der Waals surface area contributed by atoms with E-state index >= 15 is 0 Å². The zero-order valence-corrected chi connectivity index (χ0v) is 19.0. The lowest BCUT2D eigenvalue weighted by Crippen LogP contribution is -2.48. The van der Waals surface area contributed by atoms with Crippen molar-refractivity contribution in [3.63, 3.8) is 0 Å². The summed E-state index contributed by atoms with van der Waals surface area (Å²) in [5.74, 6) is -0.262. The van der Waals surface area contributed by atoms with Crippen LogP contribution in [0.25, 0.3) is 0 Å². The molecule has 10 heteroatoms. The number of nitrogens with one attached hydrogen (secondary N) is 2. The molecule has 0 spiro atoms. The summed E-state index contributed by atoms with van der Waals surface area (Å²) in [6.07, 6.45) is -0.422. The predicted octanol–water partition coefficient (Wildman–Crippen LogP) is 2.86. The van der Waals surface area contributed by atoms with Crippen LogP contribution in [0.1, 0.15) is 57.7 Å². The van der Waals surface area contributed by atoms with Crippen molar-refractivity contribution < 1.29 is 23.9 Å². The van der Waals surface area contributed by atoms with Crippen LogP contribution in [0.15, 0.2) is 5.38 Å². The second-order valence-corrected chi connectivity index (χ2v) is 8.82. The largest absolute Gasteiger partial charge is 0.467 e. The average molecular weight is 429 g/mol. The van der Waals surface area contributed by atoms with Crippen molar-refractivity contribution >= 4 is 29.4 Å². The summed E-state index contributed by atoms with van der Waals surface area (Å²) in [6, 6.07) is -1.33. The average Bonchev–Trinajstić information content (AvgIpc) is 3.07. The highest BCUT2D eigenvalue weighted by molar-refractivity contribution is 7.09. The molecule has 0 aliphatic heterocycles. The summed E-state index contributed by atoms with van der Waals surface area (Å²) in [5.41, 5.74) is 0.172. The van der Waals surface area contributed by atoms with E-state index in [1.54, 1.807) is 39.2 Å². The van der Waals surface area contributed by atoms with Gasteiger partial charge in [0, 0.05) is 24.9 Å². The van der Waals surface area contributed by atoms with Gasteiger partial charge in [-0.3, -0.25) is 0 Å². The number of carbonyl (C=O) groups excluding carboxylic acids is 3. The van der Waals surface area contributed by atoms with E-state index in [1.807, 2.05) is 5.38 Å². The Bertz CT molecular complexity index is 699. The van der Waals surface area contributed by atoms with Crippen molar-refractivity contribution in [2.24, 2.45) is 0 Å². The number of aromatic nitrogens is 1. The minimum Gasteiger partial charge on any atom is -0.467 e. The maximum absolute atomic E-state index is 12.5. The first kappa shape index (κ1) is 24.7. The van der Waals surface area contributed by atoms with Gasteiger partial charge in [-0.2, -0.15) is 0 Å². The fourth-order valence-electron chi connectivity index (χ4n) is 2.26. The van der Waals surface area contributed by atoms with Crippen molar-refractivity contribution in [3.8, 4) is 0 Å². The van der Waals surface area contributed by atoms with Gasteiger partial charge < -0.3 is 25.0 Å². The Kier molecular flexibility index (Phi) is 9.35. The van der Waals surface area contributed by atoms with Crippen LogP contribution < -0.4 is 10.6 Å². The van der Waals surface area contributed by atoms with Gasteiger partial charge in [0.2, 0.25) is 0 Å². The summed E-state index contributed by atoms with van der Waals surface area (Å²) in [4.78, 5) is 42.1. The number of methoxy groups -OCH3 is 1. The fourth-order valence-corrected chi connectivity index (χ4v) is 3.08. The maximum Gasteiger partial charge on any atom is 0.407 e. The number of urea groups is 1. The van der Waals surface area contributed by atoms with Gasteiger partial charge in [-0.25, -0.2) is 19.4 Å². The number of thiazole rings is 1. The van der Waals surface area contributed by atoms with Crippen LogP contribution in [0.2, 0.25) is 0 Å². The van der Waals surface area contributed by atoms with E-state index < -0.39 is 29.7 Å². The fraction of sp³-hybridized carbons (Fsp3) is 0.684. The molecule has 0 unspecified atom stereocenters. The maximum atomic E-state index is 12.5. The van der Waals surface area contributed by atoms with Crippen LogP contribution in [0.4, 0.5) is 9.59 Å². The van der Waals surface area contributed by atoms with Gasteiger partial charge in [-0.1, -0.05) is 13.8 Å². The third kappa shape index (κ3) is 9.12. The molecule has 1 rings (SSSR count). The van der Waals surface area contributed by atoms with Crippen LogP contribution in [-0.4, -0.2) is 60.3 Å². The molecule has 0 aliphatic carbocycles. The van der Waals surface area contributed by atoms with E-state index in [0.29, 0.717) is 12.5 Å². The second-order valence-electron chi connectivity index (χ2n) is 7.93. The minimum absolute atomic E-state index is 0.141. The van der Waals surface area contributed by atoms with Crippen molar-refractivity contribution in [2.75, 3.05) is 20.7 Å². The number of hydrogen-bond acceptors (Lipinski definition) is 7. The monoisotopic (exact) mass is 428 g/mol. The lowest BCUT2D eigenvalue weighted by molar-refractivity contribution is -0.143. The number of hydrogen-bond donors (Lipinski definition) is 2. The first-order valence-electron chi connectivity index (χ1n) is 9.43. The molecule has 0 aliphatic rings. The van der Waals surface area contributed by atoms with E-state index in [2.05, 4.69) is 29.5 Å². The molecule has 0 saturated heterocycles. The van der Waals surface area contributed by atoms with Gasteiger partial charge in [0.05, 0.1) is 24.4 Å². The van der Waals surface area contributed by atoms with Gasteiger partial charge in [-0.05, 0) is 27.2 Å². The van der Waals surface area contributed by atoms with Gasteiger partial charge in [0.25, 0.3) is 0 Å². The molecule has 0 aromatic carbocycles. The molecule has 164 valence electrons. The molecule has 1 aromatic heterocycles. The van der Waals surface area contributed by atoms with Crippen molar-refractivity contribution in [1.29, 1.82) is 0 Å². The highest BCUT2D eigenvalue weighted by Gasteiger charge is 2.24. The first-order valence-corrected chi connectivity index (χ1v) is 10.3. The highest BCUT2D eigenvalue weighted by Crippen LogP contribution is 2.19. The topological polar surface area (TPSA) is 110 Å². The van der Waals surface area contributed by atoms with Crippen LogP contribution in [0.3, 0.4) is 0 Å². The molecule has 0 saturated carbocycles. The Morgan fingerprint density at radius 3 is 2.45 bits per heavy atom. The lowest BCUT2D eigenvalue weighted by atomic mass is 10.2. The third-order valence-corrected chi connectivity index (χ3v) is 4.89. The molecule has 1 atom stereocenters. The molecular formula is C19H32N4O5S. The van der Waals surface area contributed by atoms with Gasteiger partial charge >= 0.3 is 18.1 Å². The van der Waals surface area contributed by atoms with Crippen molar-refractivity contribution in [2.45, 2.75) is 65.1 Å². The first-order chi connectivity index (χ1) is 13.4. The molecular weight excluding hydrogens is 396 g/mol. The minimum atomic E-state index is -0.897. The van der Waals surface area contributed by atoms with Gasteiger partial charge in [0.1, 0.15) is 11.6 Å². The molecule has 2 N–H and O–H groups in total. The summed E-state index contributed by atoms with van der Waals surface area (Å²) in [7, 11) is 2.87. The molecule has 1 heterocycles. The molecule has 1 aromatic rings. The molecule has 0 radical (unpaired) electrons. The van der Waals surface area contributed by atoms with Crippen molar-refractivity contribution in [1.82, 2.24) is 20.5 Å². The molecule has 9 nitrogen and oxygen atoms in total. The number of carbonyl (C=O) groups is 3. The number of alkyl carbamates (subject to hydrolysis) is 1. The van der Waals surface area contributed by atoms with E-state index in [0.717, 1.165) is 10.7 Å². The second kappa shape index (κ2) is 11.0. The Balaban J connectivity index is 2.58. The Hall–Kier alpha value is -2.36. The number of ether oxygens (including phenoxy) is 2. The standard InChI is InChI=1S/C19H32N4O5S/c1-12(2)15-21-13(11-29-15)10-23(6)17(25)22-14(16(24)27-7)8-9-20-18(26)28-19(3,4)5/h11-12,14H,8-10H2,1-7H3,(H,20,26)(H,22,25)/t14-/m0/s1. The zero-order chi connectivity index (χ0) is 22.2. The Morgan fingerprint density at radius 2 is 1.93 bits per heavy atom. The number of rotatable bonds is 8. The molecule has 29 heavy (non-hydrogen) atoms. The van der Waals surface area contributed by atoms with E-state index in [4.69, 9.17) is 9.47 Å². The van der Waals surface area contributed by atoms with E-state index in [1.165, 1.54) is 12.0 Å². The van der Waals surface area contributed by atoms with Crippen LogP contribution in [-0.2, 0) is 20.8 Å². The number of esters is 1. The third-order valence-electron chi connectivity index (χ3n) is 3.69. The molecule has 3 amide bonds. The van der Waals surface area contributed by atoms with Gasteiger partial charge in [-0.15, -0.1) is 11.3 Å². The lowest BCUT2D eigenvalue weighted by Gasteiger charge is -2.23. The Morgan fingerprint density at radius 1 is 1.28 bits per heavy atom. The SMILES string of the molecule is COC(=O)[C@H](CCNC(=O)OC(C)(C)C)NC(=O)N(C)Cc1csc(C(C)C)n1. The quantitative estimate of drug-likeness (QED) is 0.616. The molecule has 0 bridgehead atoms. The number of nitrogens with zero attached hydrogens (tertiary/aromatic N) is 2. The predicted molar refractivity (Wildman–Crippen MR) is 111 cm³/mol. The molecule has 0 fully saturated rings. The Labute approximate surface area is 176 Å². The van der Waals surface area contributed by atoms with Crippen LogP contribution >= 0.6 is 11.3 Å². The van der Waals surface area contributed by atoms with E-state index in [-0.39, 0.29) is 13.0 Å². The summed E-state index contributed by atoms with van der Waals surface area (Å²) >= 11 is 1.56.